The summed E-state index contributed by atoms with van der Waals surface area (Å²) in [5, 5.41) is 6.27. The van der Waals surface area contributed by atoms with E-state index in [1.165, 1.54) is 6.42 Å². The summed E-state index contributed by atoms with van der Waals surface area (Å²) < 4.78 is 0. The van der Waals surface area contributed by atoms with Gasteiger partial charge in [0.2, 0.25) is 5.91 Å². The van der Waals surface area contributed by atoms with Crippen molar-refractivity contribution >= 4 is 5.91 Å². The van der Waals surface area contributed by atoms with Crippen LogP contribution in [0.15, 0.2) is 0 Å². The lowest BCUT2D eigenvalue weighted by Crippen LogP contribution is -2.45. The van der Waals surface area contributed by atoms with Crippen LogP contribution in [-0.4, -0.2) is 49.6 Å². The van der Waals surface area contributed by atoms with Crippen LogP contribution in [0.5, 0.6) is 0 Å². The van der Waals surface area contributed by atoms with Gasteiger partial charge in [0.25, 0.3) is 0 Å². The molecule has 0 radical (unpaired) electrons. The molecule has 114 valence electrons. The number of hydrogen-bond acceptors (Lipinski definition) is 3. The maximum absolute atomic E-state index is 11.8. The first-order valence-corrected chi connectivity index (χ1v) is 7.74. The highest BCUT2D eigenvalue weighted by atomic mass is 16.2. The van der Waals surface area contributed by atoms with Crippen molar-refractivity contribution in [2.24, 2.45) is 5.92 Å². The molecule has 0 saturated carbocycles. The number of carbonyl (C=O) groups excluding carboxylic acids is 1. The molecule has 1 atom stereocenters. The van der Waals surface area contributed by atoms with E-state index in [1.54, 1.807) is 0 Å². The van der Waals surface area contributed by atoms with Crippen LogP contribution in [0.3, 0.4) is 0 Å². The SMILES string of the molecule is CCCN(CC)CCNC(C)C(=O)NCCC(C)C. The molecular weight excluding hydrogens is 238 g/mol. The quantitative estimate of drug-likeness (QED) is 0.603. The van der Waals surface area contributed by atoms with E-state index in [1.807, 2.05) is 6.92 Å². The van der Waals surface area contributed by atoms with E-state index in [-0.39, 0.29) is 11.9 Å². The number of amides is 1. The molecule has 4 nitrogen and oxygen atoms in total. The first-order valence-electron chi connectivity index (χ1n) is 7.74. The molecule has 2 N–H and O–H groups in total. The number of rotatable bonds is 11. The third-order valence-corrected chi connectivity index (χ3v) is 3.28. The first-order chi connectivity index (χ1) is 9.01. The second-order valence-electron chi connectivity index (χ2n) is 5.58. The highest BCUT2D eigenvalue weighted by molar-refractivity contribution is 5.81. The Morgan fingerprint density at radius 3 is 2.32 bits per heavy atom. The number of nitrogens with zero attached hydrogens (tertiary/aromatic N) is 1. The minimum atomic E-state index is -0.104. The van der Waals surface area contributed by atoms with Gasteiger partial charge in [-0.2, -0.15) is 0 Å². The molecule has 0 fully saturated rings. The van der Waals surface area contributed by atoms with E-state index in [0.29, 0.717) is 5.92 Å². The Bertz CT molecular complexity index is 231. The van der Waals surface area contributed by atoms with Crippen LogP contribution in [0.1, 0.15) is 47.5 Å². The minimum Gasteiger partial charge on any atom is -0.355 e. The van der Waals surface area contributed by atoms with Crippen molar-refractivity contribution in [2.45, 2.75) is 53.5 Å². The van der Waals surface area contributed by atoms with Crippen LogP contribution >= 0.6 is 0 Å². The van der Waals surface area contributed by atoms with Gasteiger partial charge in [0.05, 0.1) is 6.04 Å². The molecule has 0 rings (SSSR count). The van der Waals surface area contributed by atoms with Gasteiger partial charge in [-0.25, -0.2) is 0 Å². The molecule has 0 aromatic rings. The van der Waals surface area contributed by atoms with Crippen LogP contribution in [-0.2, 0) is 4.79 Å². The Balaban J connectivity index is 3.71. The van der Waals surface area contributed by atoms with Crippen LogP contribution in [0.25, 0.3) is 0 Å². The zero-order valence-corrected chi connectivity index (χ0v) is 13.5. The van der Waals surface area contributed by atoms with E-state index >= 15 is 0 Å². The van der Waals surface area contributed by atoms with Gasteiger partial charge < -0.3 is 15.5 Å². The zero-order valence-electron chi connectivity index (χ0n) is 13.5. The monoisotopic (exact) mass is 271 g/mol. The molecule has 0 aliphatic carbocycles. The Kier molecular flexibility index (Phi) is 10.9. The summed E-state index contributed by atoms with van der Waals surface area (Å²) in [7, 11) is 0. The van der Waals surface area contributed by atoms with Crippen molar-refractivity contribution in [3.63, 3.8) is 0 Å². The summed E-state index contributed by atoms with van der Waals surface area (Å²) in [6.07, 6.45) is 2.22. The molecule has 0 aromatic carbocycles. The topological polar surface area (TPSA) is 44.4 Å². The molecule has 0 aliphatic rings. The molecule has 19 heavy (non-hydrogen) atoms. The summed E-state index contributed by atoms with van der Waals surface area (Å²) in [4.78, 5) is 14.2. The second kappa shape index (κ2) is 11.2. The van der Waals surface area contributed by atoms with Crippen LogP contribution in [0.4, 0.5) is 0 Å². The number of hydrogen-bond donors (Lipinski definition) is 2. The average Bonchev–Trinajstić information content (AvgIpc) is 2.36. The van der Waals surface area contributed by atoms with E-state index in [2.05, 4.69) is 43.2 Å². The van der Waals surface area contributed by atoms with Crippen LogP contribution in [0.2, 0.25) is 0 Å². The Morgan fingerprint density at radius 1 is 1.11 bits per heavy atom. The van der Waals surface area contributed by atoms with Gasteiger partial charge in [-0.15, -0.1) is 0 Å². The van der Waals surface area contributed by atoms with Crippen LogP contribution in [0, 0.1) is 5.92 Å². The number of likely N-dealkylation sites (N-methyl/N-ethyl adjacent to an activating group) is 1. The third-order valence-electron chi connectivity index (χ3n) is 3.28. The van der Waals surface area contributed by atoms with Crippen molar-refractivity contribution in [3.8, 4) is 0 Å². The fraction of sp³-hybridized carbons (Fsp3) is 0.933. The lowest BCUT2D eigenvalue weighted by molar-refractivity contribution is -0.122. The van der Waals surface area contributed by atoms with Gasteiger partial charge >= 0.3 is 0 Å². The van der Waals surface area contributed by atoms with Crippen molar-refractivity contribution in [3.05, 3.63) is 0 Å². The van der Waals surface area contributed by atoms with Gasteiger partial charge in [-0.3, -0.25) is 4.79 Å². The zero-order chi connectivity index (χ0) is 14.7. The Morgan fingerprint density at radius 2 is 1.79 bits per heavy atom. The van der Waals surface area contributed by atoms with E-state index < -0.39 is 0 Å². The standard InChI is InChI=1S/C15H33N3O/c1-6-11-18(7-2)12-10-16-14(5)15(19)17-9-8-13(3)4/h13-14,16H,6-12H2,1-5H3,(H,17,19). The molecule has 4 heteroatoms. The molecule has 0 aromatic heterocycles. The van der Waals surface area contributed by atoms with Crippen molar-refractivity contribution in [1.82, 2.24) is 15.5 Å². The van der Waals surface area contributed by atoms with Gasteiger partial charge in [-0.1, -0.05) is 27.7 Å². The fourth-order valence-electron chi connectivity index (χ4n) is 1.91. The minimum absolute atomic E-state index is 0.104. The normalized spacial score (nSPS) is 13.0. The molecular formula is C15H33N3O. The Labute approximate surface area is 119 Å². The largest absolute Gasteiger partial charge is 0.355 e. The molecule has 0 spiro atoms. The average molecular weight is 271 g/mol. The summed E-state index contributed by atoms with van der Waals surface area (Å²) in [5.41, 5.74) is 0. The molecule has 1 amide bonds. The first kappa shape index (κ1) is 18.4. The maximum atomic E-state index is 11.8. The predicted octanol–water partition coefficient (Wildman–Crippen LogP) is 1.86. The number of nitrogens with one attached hydrogen (secondary N) is 2. The lowest BCUT2D eigenvalue weighted by Gasteiger charge is -2.21. The highest BCUT2D eigenvalue weighted by Crippen LogP contribution is 1.96. The summed E-state index contributed by atoms with van der Waals surface area (Å²) in [5.74, 6) is 0.745. The molecule has 0 aliphatic heterocycles. The summed E-state index contributed by atoms with van der Waals surface area (Å²) in [6.45, 7) is 15.5. The molecule has 1 unspecified atom stereocenters. The molecule has 0 heterocycles. The molecule has 0 saturated heterocycles. The third kappa shape index (κ3) is 9.91. The predicted molar refractivity (Wildman–Crippen MR) is 82.3 cm³/mol. The summed E-state index contributed by atoms with van der Waals surface area (Å²) >= 11 is 0. The molecule has 0 bridgehead atoms. The van der Waals surface area contributed by atoms with Crippen molar-refractivity contribution in [1.29, 1.82) is 0 Å². The van der Waals surface area contributed by atoms with Crippen molar-refractivity contribution < 1.29 is 4.79 Å². The smallest absolute Gasteiger partial charge is 0.236 e. The maximum Gasteiger partial charge on any atom is 0.236 e. The fourth-order valence-corrected chi connectivity index (χ4v) is 1.91. The van der Waals surface area contributed by atoms with E-state index in [4.69, 9.17) is 0 Å². The number of carbonyl (C=O) groups is 1. The highest BCUT2D eigenvalue weighted by Gasteiger charge is 2.11. The second-order valence-corrected chi connectivity index (χ2v) is 5.58. The van der Waals surface area contributed by atoms with Gasteiger partial charge in [0.15, 0.2) is 0 Å². The lowest BCUT2D eigenvalue weighted by atomic mass is 10.1. The van der Waals surface area contributed by atoms with Gasteiger partial charge in [-0.05, 0) is 38.8 Å². The van der Waals surface area contributed by atoms with Crippen LogP contribution < -0.4 is 10.6 Å². The van der Waals surface area contributed by atoms with Gasteiger partial charge in [0.1, 0.15) is 0 Å². The Hall–Kier alpha value is -0.610. The summed E-state index contributed by atoms with van der Waals surface area (Å²) in [6, 6.07) is -0.104. The van der Waals surface area contributed by atoms with Crippen molar-refractivity contribution in [2.75, 3.05) is 32.7 Å². The van der Waals surface area contributed by atoms with E-state index in [9.17, 15) is 4.79 Å². The van der Waals surface area contributed by atoms with E-state index in [0.717, 1.165) is 39.1 Å². The van der Waals surface area contributed by atoms with Gasteiger partial charge in [0, 0.05) is 19.6 Å².